The number of aryl methyl sites for hydroxylation is 1. The van der Waals surface area contributed by atoms with Gasteiger partial charge in [0.1, 0.15) is 5.82 Å². The summed E-state index contributed by atoms with van der Waals surface area (Å²) in [5, 5.41) is 3.38. The fourth-order valence-corrected chi connectivity index (χ4v) is 1.36. The molecule has 0 atom stereocenters. The molecule has 0 radical (unpaired) electrons. The number of aromatic nitrogens is 2. The highest BCUT2D eigenvalue weighted by molar-refractivity contribution is 4.98. The molecule has 0 amide bonds. The van der Waals surface area contributed by atoms with Gasteiger partial charge in [-0.1, -0.05) is 26.0 Å². The van der Waals surface area contributed by atoms with Gasteiger partial charge in [0.05, 0.1) is 0 Å². The molecule has 0 bridgehead atoms. The number of allylic oxidation sites excluding steroid dienone is 1. The topological polar surface area (TPSA) is 29.9 Å². The number of nitrogens with zero attached hydrogens (tertiary/aromatic N) is 2. The fraction of sp³-hybridized carbons (Fsp3) is 0.583. The normalized spacial score (nSPS) is 11.7. The molecule has 3 nitrogen and oxygen atoms in total. The SMILES string of the molecule is CC(C)NCCC=CCc1nccn1C. The van der Waals surface area contributed by atoms with Crippen molar-refractivity contribution in [2.75, 3.05) is 6.54 Å². The van der Waals surface area contributed by atoms with Crippen molar-refractivity contribution in [3.05, 3.63) is 30.4 Å². The Morgan fingerprint density at radius 3 is 2.87 bits per heavy atom. The van der Waals surface area contributed by atoms with E-state index in [1.807, 2.05) is 19.4 Å². The molecule has 1 heterocycles. The first-order valence-electron chi connectivity index (χ1n) is 5.54. The molecular weight excluding hydrogens is 186 g/mol. The third kappa shape index (κ3) is 4.79. The summed E-state index contributed by atoms with van der Waals surface area (Å²) >= 11 is 0. The molecule has 1 rings (SSSR count). The number of nitrogens with one attached hydrogen (secondary N) is 1. The quantitative estimate of drug-likeness (QED) is 0.570. The van der Waals surface area contributed by atoms with Crippen molar-refractivity contribution in [2.24, 2.45) is 7.05 Å². The van der Waals surface area contributed by atoms with Crippen LogP contribution in [-0.2, 0) is 13.5 Å². The lowest BCUT2D eigenvalue weighted by Crippen LogP contribution is -2.23. The van der Waals surface area contributed by atoms with Crippen LogP contribution in [0.2, 0.25) is 0 Å². The first-order chi connectivity index (χ1) is 7.20. The number of hydrogen-bond donors (Lipinski definition) is 1. The highest BCUT2D eigenvalue weighted by atomic mass is 15.0. The van der Waals surface area contributed by atoms with Gasteiger partial charge >= 0.3 is 0 Å². The molecule has 0 aliphatic heterocycles. The first-order valence-corrected chi connectivity index (χ1v) is 5.54. The van der Waals surface area contributed by atoms with E-state index in [9.17, 15) is 0 Å². The second-order valence-corrected chi connectivity index (χ2v) is 4.03. The molecule has 0 aromatic carbocycles. The smallest absolute Gasteiger partial charge is 0.112 e. The molecule has 0 saturated carbocycles. The van der Waals surface area contributed by atoms with Gasteiger partial charge in [0, 0.05) is 31.9 Å². The van der Waals surface area contributed by atoms with E-state index in [2.05, 4.69) is 40.9 Å². The fourth-order valence-electron chi connectivity index (χ4n) is 1.36. The van der Waals surface area contributed by atoms with Crippen LogP contribution in [0.4, 0.5) is 0 Å². The standard InChI is InChI=1S/C12H21N3/c1-11(2)13-8-6-4-5-7-12-14-9-10-15(12)3/h4-5,9-11,13H,6-8H2,1-3H3. The molecule has 84 valence electrons. The van der Waals surface area contributed by atoms with Crippen LogP contribution in [0, 0.1) is 0 Å². The molecule has 1 aromatic rings. The Morgan fingerprint density at radius 2 is 2.27 bits per heavy atom. The van der Waals surface area contributed by atoms with Gasteiger partial charge < -0.3 is 9.88 Å². The van der Waals surface area contributed by atoms with Crippen LogP contribution in [0.1, 0.15) is 26.1 Å². The average molecular weight is 207 g/mol. The maximum absolute atomic E-state index is 4.26. The predicted octanol–water partition coefficient (Wildman–Crippen LogP) is 1.91. The second kappa shape index (κ2) is 6.40. The lowest BCUT2D eigenvalue weighted by molar-refractivity contribution is 0.594. The Bertz CT molecular complexity index is 300. The van der Waals surface area contributed by atoms with Crippen LogP contribution in [0.5, 0.6) is 0 Å². The Morgan fingerprint density at radius 1 is 1.47 bits per heavy atom. The molecule has 1 N–H and O–H groups in total. The summed E-state index contributed by atoms with van der Waals surface area (Å²) < 4.78 is 2.05. The van der Waals surface area contributed by atoms with Gasteiger partial charge in [-0.25, -0.2) is 4.98 Å². The van der Waals surface area contributed by atoms with E-state index in [0.29, 0.717) is 6.04 Å². The van der Waals surface area contributed by atoms with E-state index >= 15 is 0 Å². The maximum Gasteiger partial charge on any atom is 0.112 e. The van der Waals surface area contributed by atoms with E-state index in [0.717, 1.165) is 25.2 Å². The van der Waals surface area contributed by atoms with Gasteiger partial charge in [-0.2, -0.15) is 0 Å². The van der Waals surface area contributed by atoms with Crippen molar-refractivity contribution in [1.82, 2.24) is 14.9 Å². The summed E-state index contributed by atoms with van der Waals surface area (Å²) in [7, 11) is 2.02. The molecule has 0 unspecified atom stereocenters. The highest BCUT2D eigenvalue weighted by Gasteiger charge is 1.94. The summed E-state index contributed by atoms with van der Waals surface area (Å²) in [5.41, 5.74) is 0. The molecule has 3 heteroatoms. The van der Waals surface area contributed by atoms with E-state index in [1.54, 1.807) is 0 Å². The summed E-state index contributed by atoms with van der Waals surface area (Å²) in [6.45, 7) is 5.38. The van der Waals surface area contributed by atoms with Crippen molar-refractivity contribution in [3.63, 3.8) is 0 Å². The van der Waals surface area contributed by atoms with Gasteiger partial charge in [0.25, 0.3) is 0 Å². The van der Waals surface area contributed by atoms with Gasteiger partial charge in [0.15, 0.2) is 0 Å². The van der Waals surface area contributed by atoms with Crippen molar-refractivity contribution in [1.29, 1.82) is 0 Å². The van der Waals surface area contributed by atoms with Crippen molar-refractivity contribution < 1.29 is 0 Å². The maximum atomic E-state index is 4.26. The molecule has 0 aliphatic carbocycles. The molecule has 15 heavy (non-hydrogen) atoms. The lowest BCUT2D eigenvalue weighted by Gasteiger charge is -2.04. The third-order valence-corrected chi connectivity index (χ3v) is 2.25. The minimum atomic E-state index is 0.577. The zero-order valence-corrected chi connectivity index (χ0v) is 9.90. The number of rotatable bonds is 6. The van der Waals surface area contributed by atoms with Crippen LogP contribution in [0.15, 0.2) is 24.5 Å². The average Bonchev–Trinajstić information content (AvgIpc) is 2.57. The van der Waals surface area contributed by atoms with Crippen LogP contribution in [-0.4, -0.2) is 22.1 Å². The van der Waals surface area contributed by atoms with Gasteiger partial charge in [-0.05, 0) is 13.0 Å². The molecular formula is C12H21N3. The Kier molecular flexibility index (Phi) is 5.12. The number of imidazole rings is 1. The molecule has 0 fully saturated rings. The third-order valence-electron chi connectivity index (χ3n) is 2.25. The van der Waals surface area contributed by atoms with E-state index in [4.69, 9.17) is 0 Å². The summed E-state index contributed by atoms with van der Waals surface area (Å²) in [6, 6.07) is 0.577. The Labute approximate surface area is 92.2 Å². The van der Waals surface area contributed by atoms with E-state index in [1.165, 1.54) is 0 Å². The van der Waals surface area contributed by atoms with Crippen LogP contribution in [0.25, 0.3) is 0 Å². The lowest BCUT2D eigenvalue weighted by atomic mass is 10.3. The summed E-state index contributed by atoms with van der Waals surface area (Å²) in [5.74, 6) is 1.11. The summed E-state index contributed by atoms with van der Waals surface area (Å²) in [4.78, 5) is 4.26. The first kappa shape index (κ1) is 12.0. The van der Waals surface area contributed by atoms with Gasteiger partial charge in [0.2, 0.25) is 0 Å². The van der Waals surface area contributed by atoms with Crippen LogP contribution in [0.3, 0.4) is 0 Å². The van der Waals surface area contributed by atoms with Crippen LogP contribution >= 0.6 is 0 Å². The van der Waals surface area contributed by atoms with Gasteiger partial charge in [-0.15, -0.1) is 0 Å². The zero-order valence-electron chi connectivity index (χ0n) is 9.90. The highest BCUT2D eigenvalue weighted by Crippen LogP contribution is 1.96. The minimum Gasteiger partial charge on any atom is -0.338 e. The summed E-state index contributed by atoms with van der Waals surface area (Å²) in [6.07, 6.45) is 10.2. The zero-order chi connectivity index (χ0) is 11.1. The molecule has 0 saturated heterocycles. The predicted molar refractivity (Wildman–Crippen MR) is 63.8 cm³/mol. The van der Waals surface area contributed by atoms with E-state index in [-0.39, 0.29) is 0 Å². The van der Waals surface area contributed by atoms with Crippen LogP contribution < -0.4 is 5.32 Å². The molecule has 0 spiro atoms. The largest absolute Gasteiger partial charge is 0.338 e. The van der Waals surface area contributed by atoms with E-state index < -0.39 is 0 Å². The number of hydrogen-bond acceptors (Lipinski definition) is 2. The molecule has 1 aromatic heterocycles. The minimum absolute atomic E-state index is 0.577. The Balaban J connectivity index is 2.15. The Hall–Kier alpha value is -1.09. The van der Waals surface area contributed by atoms with Gasteiger partial charge in [-0.3, -0.25) is 0 Å². The van der Waals surface area contributed by atoms with Crippen molar-refractivity contribution in [2.45, 2.75) is 32.7 Å². The second-order valence-electron chi connectivity index (χ2n) is 4.03. The monoisotopic (exact) mass is 207 g/mol. The van der Waals surface area contributed by atoms with Crippen molar-refractivity contribution >= 4 is 0 Å². The molecule has 0 aliphatic rings. The van der Waals surface area contributed by atoms with Crippen molar-refractivity contribution in [3.8, 4) is 0 Å².